The fourth-order valence-corrected chi connectivity index (χ4v) is 2.47. The maximum Gasteiger partial charge on any atom is 0.418 e. The Bertz CT molecular complexity index is 787. The van der Waals surface area contributed by atoms with Crippen LogP contribution in [0, 0.1) is 20.2 Å². The molecular weight excluding hydrogens is 380 g/mol. The van der Waals surface area contributed by atoms with Crippen molar-refractivity contribution < 1.29 is 38.5 Å². The Balaban J connectivity index is 2.18. The number of nitro groups is 2. The van der Waals surface area contributed by atoms with Gasteiger partial charge in [0.05, 0.1) is 0 Å². The van der Waals surface area contributed by atoms with Crippen molar-refractivity contribution in [3.8, 4) is 0 Å². The highest BCUT2D eigenvalue weighted by Gasteiger charge is 2.54. The van der Waals surface area contributed by atoms with E-state index in [4.69, 9.17) is 9.47 Å². The zero-order chi connectivity index (χ0) is 20.9. The smallest absolute Gasteiger partial charge is 0.418 e. The molecule has 0 amide bonds. The summed E-state index contributed by atoms with van der Waals surface area (Å²) in [6, 6.07) is 0. The molecule has 0 saturated carbocycles. The third kappa shape index (κ3) is 3.34. The van der Waals surface area contributed by atoms with Crippen molar-refractivity contribution in [1.82, 2.24) is 0 Å². The number of aldehydes is 2. The monoisotopic (exact) mass is 392 g/mol. The Morgan fingerprint density at radius 1 is 0.786 bits per heavy atom. The molecule has 2 aliphatic rings. The van der Waals surface area contributed by atoms with Crippen molar-refractivity contribution in [3.63, 3.8) is 0 Å². The number of ether oxygens (including phenoxy) is 2. The number of nitrogens with zero attached hydrogens (tertiary/aromatic N) is 2. The summed E-state index contributed by atoms with van der Waals surface area (Å²) in [4.78, 5) is 66.9. The molecule has 0 heterocycles. The molecule has 2 aliphatic carbocycles. The second kappa shape index (κ2) is 7.73. The number of esters is 2. The summed E-state index contributed by atoms with van der Waals surface area (Å²) in [6.07, 6.45) is 5.05. The summed E-state index contributed by atoms with van der Waals surface area (Å²) < 4.78 is 9.40. The van der Waals surface area contributed by atoms with Gasteiger partial charge in [-0.05, 0) is 12.2 Å². The number of hydrogen-bond acceptors (Lipinski definition) is 10. The van der Waals surface area contributed by atoms with Crippen LogP contribution in [-0.2, 0) is 28.7 Å². The third-order valence-corrected chi connectivity index (χ3v) is 4.08. The maximum atomic E-state index is 12.0. The average molecular weight is 392 g/mol. The summed E-state index contributed by atoms with van der Waals surface area (Å²) in [6.45, 7) is 0. The molecule has 0 bridgehead atoms. The lowest BCUT2D eigenvalue weighted by molar-refractivity contribution is -0.545. The van der Waals surface area contributed by atoms with E-state index in [0.29, 0.717) is 0 Å². The van der Waals surface area contributed by atoms with Gasteiger partial charge in [0, 0.05) is 22.0 Å². The van der Waals surface area contributed by atoms with Gasteiger partial charge in [-0.2, -0.15) is 0 Å². The molecule has 0 aliphatic heterocycles. The van der Waals surface area contributed by atoms with Gasteiger partial charge < -0.3 is 9.47 Å². The minimum absolute atomic E-state index is 0.0604. The third-order valence-electron chi connectivity index (χ3n) is 4.08. The first-order chi connectivity index (χ1) is 13.2. The molecule has 0 N–H and O–H groups in total. The summed E-state index contributed by atoms with van der Waals surface area (Å²) in [5, 5.41) is 22.5. The number of rotatable bonds is 6. The maximum absolute atomic E-state index is 12.0. The number of allylic oxidation sites excluding steroid dienone is 4. The zero-order valence-corrected chi connectivity index (χ0v) is 13.9. The normalized spacial score (nSPS) is 30.3. The van der Waals surface area contributed by atoms with E-state index in [0.717, 1.165) is 24.3 Å². The first kappa shape index (κ1) is 20.4. The van der Waals surface area contributed by atoms with Gasteiger partial charge in [-0.15, -0.1) is 0 Å². The van der Waals surface area contributed by atoms with E-state index in [1.807, 2.05) is 0 Å². The molecule has 4 unspecified atom stereocenters. The van der Waals surface area contributed by atoms with E-state index in [1.165, 1.54) is 24.3 Å². The van der Waals surface area contributed by atoms with Gasteiger partial charge in [0.1, 0.15) is 0 Å². The largest absolute Gasteiger partial charge is 0.441 e. The number of carbonyl (C=O) groups is 4. The predicted molar refractivity (Wildman–Crippen MR) is 87.9 cm³/mol. The first-order valence-electron chi connectivity index (χ1n) is 7.59. The van der Waals surface area contributed by atoms with Crippen molar-refractivity contribution in [3.05, 3.63) is 68.8 Å². The van der Waals surface area contributed by atoms with Crippen LogP contribution in [0.4, 0.5) is 0 Å². The van der Waals surface area contributed by atoms with Gasteiger partial charge in [-0.25, -0.2) is 9.59 Å². The summed E-state index contributed by atoms with van der Waals surface area (Å²) in [5.41, 5.74) is -4.88. The Hall–Kier alpha value is -3.96. The minimum Gasteiger partial charge on any atom is -0.441 e. The van der Waals surface area contributed by atoms with Gasteiger partial charge in [-0.3, -0.25) is 29.8 Å². The van der Waals surface area contributed by atoms with E-state index >= 15 is 0 Å². The molecule has 0 aromatic rings. The van der Waals surface area contributed by atoms with Crippen molar-refractivity contribution in [1.29, 1.82) is 0 Å². The topological polar surface area (TPSA) is 173 Å². The number of hydrogen-bond donors (Lipinski definition) is 0. The summed E-state index contributed by atoms with van der Waals surface area (Å²) in [7, 11) is 0. The van der Waals surface area contributed by atoms with Crippen LogP contribution in [0.25, 0.3) is 0 Å². The molecule has 0 radical (unpaired) electrons. The molecule has 28 heavy (non-hydrogen) atoms. The van der Waals surface area contributed by atoms with Gasteiger partial charge in [-0.1, -0.05) is 24.3 Å². The molecule has 0 aromatic carbocycles. The van der Waals surface area contributed by atoms with Crippen LogP contribution < -0.4 is 0 Å². The molecule has 0 fully saturated rings. The zero-order valence-electron chi connectivity index (χ0n) is 13.9. The average Bonchev–Trinajstić information content (AvgIpc) is 2.68. The Morgan fingerprint density at radius 3 is 1.43 bits per heavy atom. The highest BCUT2D eigenvalue weighted by molar-refractivity contribution is 6.30. The highest BCUT2D eigenvalue weighted by Crippen LogP contribution is 2.25. The van der Waals surface area contributed by atoms with E-state index in [-0.39, 0.29) is 12.6 Å². The van der Waals surface area contributed by atoms with Crippen molar-refractivity contribution in [2.75, 3.05) is 0 Å². The lowest BCUT2D eigenvalue weighted by atomic mass is 9.90. The van der Waals surface area contributed by atoms with Crippen LogP contribution in [0.2, 0.25) is 0 Å². The fraction of sp³-hybridized carbons (Fsp3) is 0.250. The Labute approximate surface area is 156 Å². The van der Waals surface area contributed by atoms with Gasteiger partial charge >= 0.3 is 23.0 Å². The standard InChI is InChI=1S/C16H12N2O10/c19-9-15(17(23)24)7-3-1-5-11(15)27-13(21)14(22)28-12-6-2-4-8-16(12,10-20)18(25)26/h1-12H. The molecule has 146 valence electrons. The first-order valence-corrected chi connectivity index (χ1v) is 7.59. The molecule has 0 saturated heterocycles. The lowest BCUT2D eigenvalue weighted by Gasteiger charge is -2.26. The van der Waals surface area contributed by atoms with Crippen molar-refractivity contribution in [2.24, 2.45) is 0 Å². The molecular formula is C16H12N2O10. The van der Waals surface area contributed by atoms with Crippen LogP contribution in [0.5, 0.6) is 0 Å². The van der Waals surface area contributed by atoms with E-state index < -0.39 is 45.1 Å². The van der Waals surface area contributed by atoms with E-state index in [1.54, 1.807) is 0 Å². The summed E-state index contributed by atoms with van der Waals surface area (Å²) >= 11 is 0. The Kier molecular flexibility index (Phi) is 5.62. The van der Waals surface area contributed by atoms with Crippen LogP contribution in [0.15, 0.2) is 48.6 Å². The molecule has 0 aromatic heterocycles. The number of carbonyl (C=O) groups excluding carboxylic acids is 4. The second-order valence-electron chi connectivity index (χ2n) is 5.66. The van der Waals surface area contributed by atoms with Gasteiger partial charge in [0.25, 0.3) is 0 Å². The molecule has 4 atom stereocenters. The molecule has 0 spiro atoms. The molecule has 12 nitrogen and oxygen atoms in total. The van der Waals surface area contributed by atoms with Crippen molar-refractivity contribution in [2.45, 2.75) is 23.3 Å². The predicted octanol–water partition coefficient (Wildman–Crippen LogP) is -0.509. The SMILES string of the molecule is O=CC1([N+](=O)[O-])C=CC=CC1OC(=O)C(=O)OC1C=CC=CC1(C=O)[N+](=O)[O-]. The Morgan fingerprint density at radius 2 is 1.14 bits per heavy atom. The fourth-order valence-electron chi connectivity index (χ4n) is 2.47. The van der Waals surface area contributed by atoms with Gasteiger partial charge in [0.15, 0.2) is 0 Å². The van der Waals surface area contributed by atoms with Crippen LogP contribution in [0.1, 0.15) is 0 Å². The molecule has 2 rings (SSSR count). The van der Waals surface area contributed by atoms with Crippen molar-refractivity contribution >= 4 is 24.5 Å². The highest BCUT2D eigenvalue weighted by atomic mass is 16.7. The van der Waals surface area contributed by atoms with Crippen LogP contribution in [-0.4, -0.2) is 57.6 Å². The lowest BCUT2D eigenvalue weighted by Crippen LogP contribution is -2.53. The quantitative estimate of drug-likeness (QED) is 0.188. The minimum atomic E-state index is -2.44. The van der Waals surface area contributed by atoms with Gasteiger partial charge in [0.2, 0.25) is 24.8 Å². The van der Waals surface area contributed by atoms with Crippen LogP contribution >= 0.6 is 0 Å². The second-order valence-corrected chi connectivity index (χ2v) is 5.66. The van der Waals surface area contributed by atoms with E-state index in [2.05, 4.69) is 0 Å². The van der Waals surface area contributed by atoms with E-state index in [9.17, 15) is 39.4 Å². The van der Waals surface area contributed by atoms with Crippen LogP contribution in [0.3, 0.4) is 0 Å². The summed E-state index contributed by atoms with van der Waals surface area (Å²) in [5.74, 6) is -3.46. The molecule has 12 heteroatoms.